The molecule has 1 saturated carbocycles. The number of hydrogen-bond donors (Lipinski definition) is 1. The van der Waals surface area contributed by atoms with E-state index in [4.69, 9.17) is 16.3 Å². The van der Waals surface area contributed by atoms with E-state index in [1.54, 1.807) is 43.3 Å². The van der Waals surface area contributed by atoms with Crippen molar-refractivity contribution in [2.75, 3.05) is 18.0 Å². The molecule has 2 amide bonds. The second kappa shape index (κ2) is 14.1. The number of ether oxygens (including phenoxy) is 1. The van der Waals surface area contributed by atoms with Crippen LogP contribution in [0.3, 0.4) is 0 Å². The second-order valence-electron chi connectivity index (χ2n) is 10.7. The first-order chi connectivity index (χ1) is 20.1. The minimum Gasteiger partial charge on any atom is -0.497 e. The van der Waals surface area contributed by atoms with Crippen LogP contribution in [0.5, 0.6) is 5.75 Å². The predicted octanol–water partition coefficient (Wildman–Crippen LogP) is 5.72. The minimum absolute atomic E-state index is 0.000718. The van der Waals surface area contributed by atoms with Crippen LogP contribution < -0.4 is 14.4 Å². The minimum atomic E-state index is -4.18. The zero-order valence-corrected chi connectivity index (χ0v) is 25.8. The van der Waals surface area contributed by atoms with Crippen molar-refractivity contribution >= 4 is 39.1 Å². The number of halogens is 1. The highest BCUT2D eigenvalue weighted by Gasteiger charge is 2.33. The Balaban J connectivity index is 1.66. The summed E-state index contributed by atoms with van der Waals surface area (Å²) in [7, 11) is -2.68. The van der Waals surface area contributed by atoms with Gasteiger partial charge < -0.3 is 15.0 Å². The largest absolute Gasteiger partial charge is 0.497 e. The Morgan fingerprint density at radius 2 is 1.57 bits per heavy atom. The number of carbonyl (C=O) groups is 2. The Bertz CT molecular complexity index is 1460. The summed E-state index contributed by atoms with van der Waals surface area (Å²) in [6.07, 6.45) is 5.10. The number of sulfonamides is 1. The highest BCUT2D eigenvalue weighted by molar-refractivity contribution is 7.92. The molecule has 10 heteroatoms. The van der Waals surface area contributed by atoms with E-state index in [2.05, 4.69) is 5.32 Å². The monoisotopic (exact) mass is 611 g/mol. The maximum Gasteiger partial charge on any atom is 0.264 e. The fraction of sp³-hybridized carbons (Fsp3) is 0.375. The smallest absolute Gasteiger partial charge is 0.264 e. The number of nitrogens with zero attached hydrogens (tertiary/aromatic N) is 2. The van der Waals surface area contributed by atoms with Gasteiger partial charge in [0.25, 0.3) is 10.0 Å². The summed E-state index contributed by atoms with van der Waals surface area (Å²) in [4.78, 5) is 28.9. The van der Waals surface area contributed by atoms with Crippen LogP contribution in [-0.2, 0) is 26.2 Å². The van der Waals surface area contributed by atoms with E-state index in [1.165, 1.54) is 24.1 Å². The molecule has 3 aromatic rings. The number of anilines is 1. The fourth-order valence-electron chi connectivity index (χ4n) is 5.05. The van der Waals surface area contributed by atoms with Crippen LogP contribution in [0.25, 0.3) is 0 Å². The van der Waals surface area contributed by atoms with Gasteiger partial charge in [-0.3, -0.25) is 13.9 Å². The topological polar surface area (TPSA) is 96.0 Å². The maximum atomic E-state index is 14.1. The van der Waals surface area contributed by atoms with Crippen molar-refractivity contribution < 1.29 is 22.7 Å². The molecule has 1 fully saturated rings. The number of carbonyl (C=O) groups excluding carboxylic acids is 2. The number of amides is 2. The molecule has 42 heavy (non-hydrogen) atoms. The van der Waals surface area contributed by atoms with Crippen LogP contribution >= 0.6 is 11.6 Å². The van der Waals surface area contributed by atoms with E-state index >= 15 is 0 Å². The Kier molecular flexibility index (Phi) is 10.5. The van der Waals surface area contributed by atoms with Gasteiger partial charge >= 0.3 is 0 Å². The number of methoxy groups -OCH3 is 1. The summed E-state index contributed by atoms with van der Waals surface area (Å²) in [5.41, 5.74) is 2.18. The fourth-order valence-corrected chi connectivity index (χ4v) is 6.59. The average molecular weight is 612 g/mol. The molecule has 0 unspecified atom stereocenters. The Morgan fingerprint density at radius 1 is 0.952 bits per heavy atom. The summed E-state index contributed by atoms with van der Waals surface area (Å²) in [5.74, 6) is -0.252. The molecular weight excluding hydrogens is 574 g/mol. The van der Waals surface area contributed by atoms with Crippen molar-refractivity contribution in [3.05, 3.63) is 88.9 Å². The molecule has 1 aliphatic carbocycles. The lowest BCUT2D eigenvalue weighted by Gasteiger charge is -2.33. The average Bonchev–Trinajstić information content (AvgIpc) is 3.00. The van der Waals surface area contributed by atoms with Crippen LogP contribution in [-0.4, -0.2) is 50.9 Å². The van der Waals surface area contributed by atoms with Crippen LogP contribution in [0.2, 0.25) is 5.02 Å². The van der Waals surface area contributed by atoms with E-state index in [1.807, 2.05) is 31.2 Å². The number of nitrogens with one attached hydrogen (secondary N) is 1. The van der Waals surface area contributed by atoms with Gasteiger partial charge in [0.1, 0.15) is 18.3 Å². The first-order valence-corrected chi connectivity index (χ1v) is 16.0. The lowest BCUT2D eigenvalue weighted by atomic mass is 9.95. The molecule has 1 aliphatic rings. The summed E-state index contributed by atoms with van der Waals surface area (Å²) in [6.45, 7) is 3.30. The zero-order chi connectivity index (χ0) is 30.3. The zero-order valence-electron chi connectivity index (χ0n) is 24.3. The third kappa shape index (κ3) is 7.83. The van der Waals surface area contributed by atoms with Crippen LogP contribution in [0, 0.1) is 6.92 Å². The van der Waals surface area contributed by atoms with E-state index in [0.717, 1.165) is 47.5 Å². The van der Waals surface area contributed by atoms with Crippen molar-refractivity contribution in [1.29, 1.82) is 0 Å². The first kappa shape index (κ1) is 31.4. The van der Waals surface area contributed by atoms with Gasteiger partial charge in [0, 0.05) is 17.6 Å². The molecule has 0 bridgehead atoms. The molecule has 0 saturated heterocycles. The number of benzene rings is 3. The van der Waals surface area contributed by atoms with Gasteiger partial charge in [0.15, 0.2) is 0 Å². The van der Waals surface area contributed by atoms with Crippen LogP contribution in [0.15, 0.2) is 77.7 Å². The SMILES string of the molecule is COc1ccc(S(=O)(=O)N(CC(=O)N(Cc2ccc(C)cc2)[C@H](C)C(=O)NC2CCCCC2)c2ccc(Cl)cc2)cc1. The van der Waals surface area contributed by atoms with Gasteiger partial charge in [-0.25, -0.2) is 8.42 Å². The molecule has 0 spiro atoms. The van der Waals surface area contributed by atoms with Crippen molar-refractivity contribution in [3.8, 4) is 5.75 Å². The Morgan fingerprint density at radius 3 is 2.17 bits per heavy atom. The molecule has 0 aromatic heterocycles. The first-order valence-electron chi connectivity index (χ1n) is 14.2. The molecule has 3 aromatic carbocycles. The molecule has 8 nitrogen and oxygen atoms in total. The second-order valence-corrected chi connectivity index (χ2v) is 13.0. The van der Waals surface area contributed by atoms with E-state index in [0.29, 0.717) is 10.8 Å². The van der Waals surface area contributed by atoms with Crippen LogP contribution in [0.4, 0.5) is 5.69 Å². The van der Waals surface area contributed by atoms with Gasteiger partial charge in [-0.15, -0.1) is 0 Å². The summed E-state index contributed by atoms with van der Waals surface area (Å²) >= 11 is 6.09. The number of rotatable bonds is 11. The van der Waals surface area contributed by atoms with Crippen molar-refractivity contribution in [2.45, 2.75) is 69.5 Å². The van der Waals surface area contributed by atoms with E-state index < -0.39 is 28.5 Å². The molecule has 1 N–H and O–H groups in total. The Hall–Kier alpha value is -3.56. The molecule has 224 valence electrons. The molecule has 0 heterocycles. The third-order valence-electron chi connectivity index (χ3n) is 7.63. The normalized spacial score (nSPS) is 14.6. The highest BCUT2D eigenvalue weighted by Crippen LogP contribution is 2.27. The quantitative estimate of drug-likeness (QED) is 0.299. The van der Waals surface area contributed by atoms with Crippen molar-refractivity contribution in [3.63, 3.8) is 0 Å². The van der Waals surface area contributed by atoms with E-state index in [9.17, 15) is 18.0 Å². The lowest BCUT2D eigenvalue weighted by molar-refractivity contribution is -0.139. The number of aryl methyl sites for hydroxylation is 1. The van der Waals surface area contributed by atoms with Crippen molar-refractivity contribution in [2.24, 2.45) is 0 Å². The molecule has 0 radical (unpaired) electrons. The predicted molar refractivity (Wildman–Crippen MR) is 165 cm³/mol. The molecule has 0 aliphatic heterocycles. The van der Waals surface area contributed by atoms with Gasteiger partial charge in [-0.1, -0.05) is 60.7 Å². The van der Waals surface area contributed by atoms with Crippen LogP contribution in [0.1, 0.15) is 50.2 Å². The standard InChI is InChI=1S/C32H38ClN3O5S/c1-23-9-11-25(12-10-23)21-35(24(2)32(38)34-27-7-5-4-6-8-27)31(37)22-36(28-15-13-26(33)14-16-28)42(39,40)30-19-17-29(41-3)18-20-30/h9-20,24,27H,4-8,21-22H2,1-3H3,(H,34,38)/t24-/m1/s1. The van der Waals surface area contributed by atoms with Gasteiger partial charge in [0.05, 0.1) is 17.7 Å². The summed E-state index contributed by atoms with van der Waals surface area (Å²) in [5, 5.41) is 3.55. The van der Waals surface area contributed by atoms with Gasteiger partial charge in [0.2, 0.25) is 11.8 Å². The lowest BCUT2D eigenvalue weighted by Crippen LogP contribution is -2.53. The maximum absolute atomic E-state index is 14.1. The highest BCUT2D eigenvalue weighted by atomic mass is 35.5. The van der Waals surface area contributed by atoms with Crippen molar-refractivity contribution in [1.82, 2.24) is 10.2 Å². The molecule has 1 atom stereocenters. The summed E-state index contributed by atoms with van der Waals surface area (Å²) in [6, 6.07) is 19.2. The van der Waals surface area contributed by atoms with Gasteiger partial charge in [-0.05, 0) is 80.8 Å². The molecule has 4 rings (SSSR count). The Labute approximate surface area is 253 Å². The number of hydrogen-bond acceptors (Lipinski definition) is 5. The van der Waals surface area contributed by atoms with E-state index in [-0.39, 0.29) is 29.1 Å². The molecular formula is C32H38ClN3O5S. The summed E-state index contributed by atoms with van der Waals surface area (Å²) < 4.78 is 34.1. The third-order valence-corrected chi connectivity index (χ3v) is 9.67. The van der Waals surface area contributed by atoms with Gasteiger partial charge in [-0.2, -0.15) is 0 Å².